The molecule has 2 atom stereocenters. The number of carbonyl (C=O) groups is 1. The Kier molecular flexibility index (Phi) is 5.99. The van der Waals surface area contributed by atoms with Crippen molar-refractivity contribution in [1.82, 2.24) is 10.6 Å². The maximum atomic E-state index is 11.4. The molecule has 0 aliphatic heterocycles. The summed E-state index contributed by atoms with van der Waals surface area (Å²) < 4.78 is 0. The van der Waals surface area contributed by atoms with Crippen molar-refractivity contribution in [2.75, 3.05) is 13.1 Å². The Morgan fingerprint density at radius 3 is 2.53 bits per heavy atom. The van der Waals surface area contributed by atoms with E-state index in [4.69, 9.17) is 5.26 Å². The van der Waals surface area contributed by atoms with Crippen molar-refractivity contribution in [2.24, 2.45) is 11.8 Å². The number of carbonyl (C=O) groups excluding carboxylic acids is 1. The van der Waals surface area contributed by atoms with Crippen LogP contribution in [-0.2, 0) is 4.79 Å². The summed E-state index contributed by atoms with van der Waals surface area (Å²) in [6.07, 6.45) is 4.00. The van der Waals surface area contributed by atoms with Crippen molar-refractivity contribution in [3.05, 3.63) is 0 Å². The number of amides is 1. The van der Waals surface area contributed by atoms with Crippen molar-refractivity contribution >= 4 is 5.91 Å². The van der Waals surface area contributed by atoms with E-state index in [0.717, 1.165) is 24.7 Å². The Morgan fingerprint density at radius 1 is 1.29 bits per heavy atom. The van der Waals surface area contributed by atoms with E-state index in [1.54, 1.807) is 0 Å². The van der Waals surface area contributed by atoms with Gasteiger partial charge in [-0.15, -0.1) is 0 Å². The standard InChI is InChI=1S/C13H23N3O/c1-10-6-11(2)8-12(7-10)16-9-13(17)15-5-3-4-14/h10-12,16H,3,5-9H2,1-2H3,(H,15,17). The fourth-order valence-corrected chi connectivity index (χ4v) is 2.67. The van der Waals surface area contributed by atoms with Crippen molar-refractivity contribution in [3.8, 4) is 6.07 Å². The molecule has 1 rings (SSSR count). The van der Waals surface area contributed by atoms with Gasteiger partial charge >= 0.3 is 0 Å². The minimum absolute atomic E-state index is 0.00821. The zero-order valence-corrected chi connectivity index (χ0v) is 10.8. The summed E-state index contributed by atoms with van der Waals surface area (Å²) in [6, 6.07) is 2.47. The second kappa shape index (κ2) is 7.29. The number of hydrogen-bond acceptors (Lipinski definition) is 3. The molecule has 0 heterocycles. The van der Waals surface area contributed by atoms with Crippen molar-refractivity contribution in [3.63, 3.8) is 0 Å². The molecular weight excluding hydrogens is 214 g/mol. The van der Waals surface area contributed by atoms with Gasteiger partial charge in [0.25, 0.3) is 0 Å². The lowest BCUT2D eigenvalue weighted by Crippen LogP contribution is -2.42. The van der Waals surface area contributed by atoms with Gasteiger partial charge in [-0.1, -0.05) is 13.8 Å². The van der Waals surface area contributed by atoms with E-state index in [1.807, 2.05) is 6.07 Å². The average Bonchev–Trinajstić information content (AvgIpc) is 2.25. The molecule has 0 aromatic heterocycles. The quantitative estimate of drug-likeness (QED) is 0.711. The lowest BCUT2D eigenvalue weighted by Gasteiger charge is -2.31. The highest BCUT2D eigenvalue weighted by Crippen LogP contribution is 2.28. The molecule has 0 aromatic carbocycles. The summed E-state index contributed by atoms with van der Waals surface area (Å²) in [5.41, 5.74) is 0. The number of nitriles is 1. The first-order chi connectivity index (χ1) is 8.11. The summed E-state index contributed by atoms with van der Waals surface area (Å²) in [5.74, 6) is 1.49. The summed E-state index contributed by atoms with van der Waals surface area (Å²) in [6.45, 7) is 5.37. The summed E-state index contributed by atoms with van der Waals surface area (Å²) in [5, 5.41) is 14.4. The molecule has 4 nitrogen and oxygen atoms in total. The van der Waals surface area contributed by atoms with Gasteiger partial charge in [0.05, 0.1) is 19.0 Å². The Hall–Kier alpha value is -1.08. The molecule has 0 bridgehead atoms. The lowest BCUT2D eigenvalue weighted by molar-refractivity contribution is -0.120. The summed E-state index contributed by atoms with van der Waals surface area (Å²) >= 11 is 0. The van der Waals surface area contributed by atoms with Gasteiger partial charge in [0.1, 0.15) is 0 Å². The number of rotatable bonds is 5. The number of nitrogens with zero attached hydrogens (tertiary/aromatic N) is 1. The predicted molar refractivity (Wildman–Crippen MR) is 67.2 cm³/mol. The Bertz CT molecular complexity index is 275. The third kappa shape index (κ3) is 5.69. The van der Waals surface area contributed by atoms with Crippen LogP contribution >= 0.6 is 0 Å². The summed E-state index contributed by atoms with van der Waals surface area (Å²) in [4.78, 5) is 11.4. The van der Waals surface area contributed by atoms with Gasteiger partial charge in [-0.2, -0.15) is 5.26 Å². The normalized spacial score (nSPS) is 28.4. The van der Waals surface area contributed by atoms with Crippen LogP contribution in [0.4, 0.5) is 0 Å². The molecule has 0 saturated heterocycles. The average molecular weight is 237 g/mol. The van der Waals surface area contributed by atoms with E-state index >= 15 is 0 Å². The van der Waals surface area contributed by atoms with Crippen LogP contribution in [0.2, 0.25) is 0 Å². The summed E-state index contributed by atoms with van der Waals surface area (Å²) in [7, 11) is 0. The molecule has 4 heteroatoms. The molecule has 1 saturated carbocycles. The first-order valence-electron chi connectivity index (χ1n) is 6.48. The minimum atomic E-state index is -0.00821. The molecule has 0 radical (unpaired) electrons. The SMILES string of the molecule is CC1CC(C)CC(NCC(=O)NCCC#N)C1. The molecule has 1 fully saturated rings. The topological polar surface area (TPSA) is 64.9 Å². The zero-order chi connectivity index (χ0) is 12.7. The monoisotopic (exact) mass is 237 g/mol. The van der Waals surface area contributed by atoms with Crippen LogP contribution in [-0.4, -0.2) is 25.0 Å². The van der Waals surface area contributed by atoms with Crippen molar-refractivity contribution < 1.29 is 4.79 Å². The predicted octanol–water partition coefficient (Wildman–Crippen LogP) is 1.43. The third-order valence-electron chi connectivity index (χ3n) is 3.29. The van der Waals surface area contributed by atoms with Gasteiger partial charge in [-0.3, -0.25) is 4.79 Å². The van der Waals surface area contributed by atoms with Crippen LogP contribution in [0.5, 0.6) is 0 Å². The van der Waals surface area contributed by atoms with Crippen molar-refractivity contribution in [2.45, 2.75) is 45.6 Å². The van der Waals surface area contributed by atoms with E-state index in [2.05, 4.69) is 24.5 Å². The lowest BCUT2D eigenvalue weighted by atomic mass is 9.80. The van der Waals surface area contributed by atoms with Crippen LogP contribution in [0, 0.1) is 23.2 Å². The van der Waals surface area contributed by atoms with Gasteiger partial charge in [0.15, 0.2) is 0 Å². The van der Waals surface area contributed by atoms with E-state index in [0.29, 0.717) is 25.6 Å². The highest BCUT2D eigenvalue weighted by atomic mass is 16.1. The minimum Gasteiger partial charge on any atom is -0.354 e. The highest BCUT2D eigenvalue weighted by Gasteiger charge is 2.23. The molecule has 2 unspecified atom stereocenters. The van der Waals surface area contributed by atoms with Gasteiger partial charge < -0.3 is 10.6 Å². The molecule has 1 aliphatic carbocycles. The van der Waals surface area contributed by atoms with Crippen molar-refractivity contribution in [1.29, 1.82) is 5.26 Å². The van der Waals surface area contributed by atoms with E-state index in [9.17, 15) is 4.79 Å². The van der Waals surface area contributed by atoms with E-state index in [1.165, 1.54) is 6.42 Å². The molecule has 1 aliphatic rings. The molecule has 2 N–H and O–H groups in total. The fourth-order valence-electron chi connectivity index (χ4n) is 2.67. The largest absolute Gasteiger partial charge is 0.354 e. The fraction of sp³-hybridized carbons (Fsp3) is 0.846. The van der Waals surface area contributed by atoms with Crippen LogP contribution < -0.4 is 10.6 Å². The first kappa shape index (κ1) is 14.0. The van der Waals surface area contributed by atoms with Crippen LogP contribution in [0.15, 0.2) is 0 Å². The van der Waals surface area contributed by atoms with Gasteiger partial charge in [0.2, 0.25) is 5.91 Å². The van der Waals surface area contributed by atoms with Crippen LogP contribution in [0.3, 0.4) is 0 Å². The van der Waals surface area contributed by atoms with E-state index < -0.39 is 0 Å². The molecule has 0 spiro atoms. The third-order valence-corrected chi connectivity index (χ3v) is 3.29. The number of nitrogens with one attached hydrogen (secondary N) is 2. The molecule has 96 valence electrons. The highest BCUT2D eigenvalue weighted by molar-refractivity contribution is 5.77. The maximum Gasteiger partial charge on any atom is 0.233 e. The maximum absolute atomic E-state index is 11.4. The zero-order valence-electron chi connectivity index (χ0n) is 10.8. The van der Waals surface area contributed by atoms with Crippen LogP contribution in [0.25, 0.3) is 0 Å². The van der Waals surface area contributed by atoms with E-state index in [-0.39, 0.29) is 5.91 Å². The smallest absolute Gasteiger partial charge is 0.233 e. The first-order valence-corrected chi connectivity index (χ1v) is 6.48. The number of hydrogen-bond donors (Lipinski definition) is 2. The Labute approximate surface area is 104 Å². The molecular formula is C13H23N3O. The van der Waals surface area contributed by atoms with Gasteiger partial charge in [-0.05, 0) is 31.1 Å². The second-order valence-electron chi connectivity index (χ2n) is 5.25. The molecule has 0 aromatic rings. The Morgan fingerprint density at radius 2 is 1.94 bits per heavy atom. The van der Waals surface area contributed by atoms with Gasteiger partial charge in [0, 0.05) is 12.6 Å². The Balaban J connectivity index is 2.17. The molecule has 1 amide bonds. The van der Waals surface area contributed by atoms with Crippen LogP contribution in [0.1, 0.15) is 39.5 Å². The van der Waals surface area contributed by atoms with Gasteiger partial charge in [-0.25, -0.2) is 0 Å². The second-order valence-corrected chi connectivity index (χ2v) is 5.25. The molecule has 17 heavy (non-hydrogen) atoms.